The fraction of sp³-hybridized carbons (Fsp3) is 0.562. The second-order valence-corrected chi connectivity index (χ2v) is 5.58. The van der Waals surface area contributed by atoms with Crippen LogP contribution in [0.3, 0.4) is 0 Å². The summed E-state index contributed by atoms with van der Waals surface area (Å²) in [6.45, 7) is 5.06. The van der Waals surface area contributed by atoms with Crippen molar-refractivity contribution in [2.45, 2.75) is 46.0 Å². The monoisotopic (exact) mass is 280 g/mol. The van der Waals surface area contributed by atoms with E-state index in [1.165, 1.54) is 37.5 Å². The summed E-state index contributed by atoms with van der Waals surface area (Å²) in [5.74, 6) is 0.00729. The number of hydrogen-bond acceptors (Lipinski definition) is 2. The Morgan fingerprint density at radius 1 is 1.25 bits per heavy atom. The Morgan fingerprint density at radius 3 is 2.65 bits per heavy atom. The molecule has 0 unspecified atom stereocenters. The van der Waals surface area contributed by atoms with Gasteiger partial charge in [-0.25, -0.2) is 4.39 Å². The molecule has 0 heterocycles. The summed E-state index contributed by atoms with van der Waals surface area (Å²) in [6, 6.07) is 3.84. The van der Waals surface area contributed by atoms with Crippen LogP contribution in [-0.4, -0.2) is 12.5 Å². The maximum absolute atomic E-state index is 13.1. The van der Waals surface area contributed by atoms with Crippen LogP contribution in [0, 0.1) is 11.7 Å². The Hall–Kier alpha value is -1.58. The average molecular weight is 280 g/mol. The van der Waals surface area contributed by atoms with Crippen molar-refractivity contribution in [3.8, 4) is 0 Å². The number of nitrogens with two attached hydrogens (primary N) is 1. The lowest BCUT2D eigenvalue weighted by atomic mass is 10.0. The third-order valence-electron chi connectivity index (χ3n) is 3.25. The minimum Gasteiger partial charge on any atom is -0.398 e. The van der Waals surface area contributed by atoms with Crippen molar-refractivity contribution >= 4 is 11.6 Å². The summed E-state index contributed by atoms with van der Waals surface area (Å²) >= 11 is 0. The molecule has 1 aromatic rings. The lowest BCUT2D eigenvalue weighted by Gasteiger charge is -2.08. The number of unbranched alkanes of at least 4 members (excludes halogenated alkanes) is 3. The number of carbonyl (C=O) groups is 1. The normalized spacial score (nSPS) is 10.8. The van der Waals surface area contributed by atoms with Gasteiger partial charge < -0.3 is 11.1 Å². The van der Waals surface area contributed by atoms with E-state index < -0.39 is 5.82 Å². The third kappa shape index (κ3) is 6.04. The summed E-state index contributed by atoms with van der Waals surface area (Å²) in [5, 5.41) is 2.78. The van der Waals surface area contributed by atoms with E-state index in [0.717, 1.165) is 18.8 Å². The van der Waals surface area contributed by atoms with Crippen molar-refractivity contribution in [2.75, 3.05) is 12.3 Å². The molecule has 3 N–H and O–H groups in total. The molecule has 0 spiro atoms. The van der Waals surface area contributed by atoms with E-state index in [0.29, 0.717) is 12.2 Å². The Labute approximate surface area is 120 Å². The number of nitrogen functional groups attached to an aromatic ring is 1. The molecule has 112 valence electrons. The van der Waals surface area contributed by atoms with Crippen LogP contribution in [0.1, 0.15) is 56.3 Å². The molecule has 0 bridgehead atoms. The van der Waals surface area contributed by atoms with E-state index in [9.17, 15) is 9.18 Å². The Bertz CT molecular complexity index is 432. The van der Waals surface area contributed by atoms with Crippen molar-refractivity contribution in [1.29, 1.82) is 0 Å². The first-order chi connectivity index (χ1) is 9.50. The molecule has 0 radical (unpaired) electrons. The summed E-state index contributed by atoms with van der Waals surface area (Å²) in [7, 11) is 0. The van der Waals surface area contributed by atoms with E-state index in [-0.39, 0.29) is 11.5 Å². The molecule has 0 aliphatic rings. The van der Waals surface area contributed by atoms with Gasteiger partial charge in [0.1, 0.15) is 5.82 Å². The van der Waals surface area contributed by atoms with Gasteiger partial charge in [0.15, 0.2) is 0 Å². The number of carbonyl (C=O) groups excluding carboxylic acids is 1. The molecule has 1 aromatic carbocycles. The van der Waals surface area contributed by atoms with Gasteiger partial charge >= 0.3 is 0 Å². The van der Waals surface area contributed by atoms with Crippen LogP contribution in [0.5, 0.6) is 0 Å². The predicted molar refractivity (Wildman–Crippen MR) is 81.1 cm³/mol. The fourth-order valence-electron chi connectivity index (χ4n) is 2.05. The van der Waals surface area contributed by atoms with Crippen molar-refractivity contribution in [2.24, 2.45) is 5.92 Å². The largest absolute Gasteiger partial charge is 0.398 e. The highest BCUT2D eigenvalue weighted by Gasteiger charge is 2.09. The molecule has 1 amide bonds. The Morgan fingerprint density at radius 2 is 1.95 bits per heavy atom. The first kappa shape index (κ1) is 16.5. The molecule has 0 atom stereocenters. The van der Waals surface area contributed by atoms with E-state index in [4.69, 9.17) is 5.73 Å². The average Bonchev–Trinajstić information content (AvgIpc) is 2.39. The Balaban J connectivity index is 2.22. The van der Waals surface area contributed by atoms with Crippen LogP contribution >= 0.6 is 0 Å². The number of benzene rings is 1. The van der Waals surface area contributed by atoms with Gasteiger partial charge in [0.2, 0.25) is 0 Å². The van der Waals surface area contributed by atoms with Crippen molar-refractivity contribution in [1.82, 2.24) is 5.32 Å². The molecule has 0 aliphatic heterocycles. The first-order valence-electron chi connectivity index (χ1n) is 7.34. The molecule has 0 saturated carbocycles. The standard InChI is InChI=1S/C16H25FN2O/c1-12(2)7-5-3-4-6-10-19-16(20)14-11-13(17)8-9-15(14)18/h8-9,11-12H,3-7,10,18H2,1-2H3,(H,19,20). The molecule has 0 aromatic heterocycles. The number of halogens is 1. The summed E-state index contributed by atoms with van der Waals surface area (Å²) < 4.78 is 13.1. The van der Waals surface area contributed by atoms with Gasteiger partial charge in [0, 0.05) is 12.2 Å². The molecule has 20 heavy (non-hydrogen) atoms. The van der Waals surface area contributed by atoms with Crippen LogP contribution in [0.2, 0.25) is 0 Å². The van der Waals surface area contributed by atoms with E-state index in [2.05, 4.69) is 19.2 Å². The second-order valence-electron chi connectivity index (χ2n) is 5.58. The molecule has 0 fully saturated rings. The Kier molecular flexibility index (Phi) is 7.05. The molecule has 4 heteroatoms. The van der Waals surface area contributed by atoms with Crippen molar-refractivity contribution < 1.29 is 9.18 Å². The highest BCUT2D eigenvalue weighted by molar-refractivity contribution is 5.99. The van der Waals surface area contributed by atoms with Gasteiger partial charge in [-0.2, -0.15) is 0 Å². The molecule has 3 nitrogen and oxygen atoms in total. The van der Waals surface area contributed by atoms with Gasteiger partial charge in [-0.3, -0.25) is 4.79 Å². The molecular formula is C16H25FN2O. The van der Waals surface area contributed by atoms with Gasteiger partial charge in [-0.1, -0.05) is 39.5 Å². The molecule has 0 aliphatic carbocycles. The molecule has 0 saturated heterocycles. The van der Waals surface area contributed by atoms with Crippen LogP contribution in [0.25, 0.3) is 0 Å². The SMILES string of the molecule is CC(C)CCCCCCNC(=O)c1cc(F)ccc1N. The second kappa shape index (κ2) is 8.56. The third-order valence-corrected chi connectivity index (χ3v) is 3.25. The van der Waals surface area contributed by atoms with Gasteiger partial charge in [-0.05, 0) is 30.5 Å². The summed E-state index contributed by atoms with van der Waals surface area (Å²) in [5.41, 5.74) is 6.18. The number of rotatable bonds is 8. The van der Waals surface area contributed by atoms with Gasteiger partial charge in [0.25, 0.3) is 5.91 Å². The first-order valence-corrected chi connectivity index (χ1v) is 7.34. The van der Waals surface area contributed by atoms with Gasteiger partial charge in [0.05, 0.1) is 5.56 Å². The molecular weight excluding hydrogens is 255 g/mol. The lowest BCUT2D eigenvalue weighted by molar-refractivity contribution is 0.0953. The van der Waals surface area contributed by atoms with Crippen LogP contribution in [0.4, 0.5) is 10.1 Å². The predicted octanol–water partition coefficient (Wildman–Crippen LogP) is 3.74. The lowest BCUT2D eigenvalue weighted by Crippen LogP contribution is -2.25. The number of anilines is 1. The van der Waals surface area contributed by atoms with Crippen LogP contribution in [0.15, 0.2) is 18.2 Å². The maximum atomic E-state index is 13.1. The minimum atomic E-state index is -0.446. The minimum absolute atomic E-state index is 0.213. The van der Waals surface area contributed by atoms with E-state index >= 15 is 0 Å². The number of amides is 1. The van der Waals surface area contributed by atoms with Crippen molar-refractivity contribution in [3.63, 3.8) is 0 Å². The summed E-state index contributed by atoms with van der Waals surface area (Å²) in [4.78, 5) is 11.8. The zero-order valence-electron chi connectivity index (χ0n) is 12.4. The zero-order chi connectivity index (χ0) is 15.0. The van der Waals surface area contributed by atoms with E-state index in [1.807, 2.05) is 0 Å². The van der Waals surface area contributed by atoms with Crippen LogP contribution < -0.4 is 11.1 Å². The highest BCUT2D eigenvalue weighted by Crippen LogP contribution is 2.13. The quantitative estimate of drug-likeness (QED) is 0.563. The number of hydrogen-bond donors (Lipinski definition) is 2. The smallest absolute Gasteiger partial charge is 0.253 e. The maximum Gasteiger partial charge on any atom is 0.253 e. The topological polar surface area (TPSA) is 55.1 Å². The van der Waals surface area contributed by atoms with Crippen molar-refractivity contribution in [3.05, 3.63) is 29.6 Å². The fourth-order valence-corrected chi connectivity index (χ4v) is 2.05. The molecule has 1 rings (SSSR count). The number of nitrogens with one attached hydrogen (secondary N) is 1. The summed E-state index contributed by atoms with van der Waals surface area (Å²) in [6.07, 6.45) is 5.73. The van der Waals surface area contributed by atoms with E-state index in [1.54, 1.807) is 0 Å². The van der Waals surface area contributed by atoms with Gasteiger partial charge in [-0.15, -0.1) is 0 Å². The highest BCUT2D eigenvalue weighted by atomic mass is 19.1. The van der Waals surface area contributed by atoms with Crippen LogP contribution in [-0.2, 0) is 0 Å². The zero-order valence-corrected chi connectivity index (χ0v) is 12.4.